The summed E-state index contributed by atoms with van der Waals surface area (Å²) >= 11 is 0. The van der Waals surface area contributed by atoms with Crippen molar-refractivity contribution < 1.29 is 9.50 Å². The predicted molar refractivity (Wildman–Crippen MR) is 95.8 cm³/mol. The van der Waals surface area contributed by atoms with Crippen LogP contribution in [-0.4, -0.2) is 48.2 Å². The lowest BCUT2D eigenvalue weighted by atomic mass is 10.1. The van der Waals surface area contributed by atoms with Gasteiger partial charge >= 0.3 is 0 Å². The highest BCUT2D eigenvalue weighted by Crippen LogP contribution is 2.16. The predicted octanol–water partition coefficient (Wildman–Crippen LogP) is 2.46. The lowest BCUT2D eigenvalue weighted by molar-refractivity contribution is 0.206. The number of aliphatic imine (C=N–C) groups is 1. The van der Waals surface area contributed by atoms with Crippen molar-refractivity contribution in [1.29, 1.82) is 0 Å². The number of phenolic OH excluding ortho intramolecular Hbond substituents is 1. The van der Waals surface area contributed by atoms with Crippen LogP contribution in [0.25, 0.3) is 0 Å². The minimum atomic E-state index is -0.607. The fraction of sp³-hybridized carbons (Fsp3) is 0.611. The summed E-state index contributed by atoms with van der Waals surface area (Å²) in [5.74, 6) is -0.171. The summed E-state index contributed by atoms with van der Waals surface area (Å²) in [6.45, 7) is 8.81. The Labute approximate surface area is 144 Å². The number of hydrogen-bond acceptors (Lipinski definition) is 3. The van der Waals surface area contributed by atoms with Gasteiger partial charge in [0.05, 0.1) is 6.54 Å². The number of benzene rings is 1. The highest BCUT2D eigenvalue weighted by Gasteiger charge is 2.19. The van der Waals surface area contributed by atoms with Crippen molar-refractivity contribution in [3.8, 4) is 5.75 Å². The van der Waals surface area contributed by atoms with E-state index in [-0.39, 0.29) is 5.75 Å². The number of likely N-dealkylation sites (tertiary alicyclic amines) is 1. The lowest BCUT2D eigenvalue weighted by Crippen LogP contribution is -2.48. The third-order valence-electron chi connectivity index (χ3n) is 4.24. The zero-order chi connectivity index (χ0) is 17.4. The number of nitrogens with one attached hydrogen (secondary N) is 2. The van der Waals surface area contributed by atoms with Crippen molar-refractivity contribution in [2.75, 3.05) is 26.2 Å². The first-order valence-corrected chi connectivity index (χ1v) is 8.87. The molecule has 0 unspecified atom stereocenters. The van der Waals surface area contributed by atoms with Crippen LogP contribution in [0.5, 0.6) is 5.75 Å². The monoisotopic (exact) mass is 336 g/mol. The molecule has 3 N–H and O–H groups in total. The molecule has 0 atom stereocenters. The van der Waals surface area contributed by atoms with Gasteiger partial charge < -0.3 is 20.6 Å². The molecule has 0 aromatic heterocycles. The van der Waals surface area contributed by atoms with Crippen LogP contribution in [0.4, 0.5) is 4.39 Å². The van der Waals surface area contributed by atoms with Crippen LogP contribution in [0.2, 0.25) is 0 Å². The third-order valence-corrected chi connectivity index (χ3v) is 4.24. The van der Waals surface area contributed by atoms with Gasteiger partial charge in [-0.15, -0.1) is 0 Å². The maximum Gasteiger partial charge on any atom is 0.191 e. The molecule has 134 valence electrons. The molecule has 0 aliphatic carbocycles. The molecule has 2 rings (SSSR count). The smallest absolute Gasteiger partial charge is 0.191 e. The van der Waals surface area contributed by atoms with E-state index in [1.165, 1.54) is 25.1 Å². The maximum atomic E-state index is 13.4. The molecule has 24 heavy (non-hydrogen) atoms. The standard InChI is InChI=1S/C18H29FN4O/c1-3-9-23-10-7-15(8-11-23)22-18(20-4-2)21-13-14-5-6-17(24)16(19)12-14/h5-6,12,15,24H,3-4,7-11,13H2,1-2H3,(H2,20,21,22). The van der Waals surface area contributed by atoms with E-state index in [2.05, 4.69) is 27.4 Å². The molecule has 1 aromatic carbocycles. The highest BCUT2D eigenvalue weighted by atomic mass is 19.1. The van der Waals surface area contributed by atoms with Crippen molar-refractivity contribution in [2.45, 2.75) is 45.7 Å². The number of phenols is 1. The molecule has 1 saturated heterocycles. The lowest BCUT2D eigenvalue weighted by Gasteiger charge is -2.32. The Balaban J connectivity index is 1.90. The summed E-state index contributed by atoms with van der Waals surface area (Å²) in [4.78, 5) is 7.04. The van der Waals surface area contributed by atoms with Crippen LogP contribution in [0.15, 0.2) is 23.2 Å². The van der Waals surface area contributed by atoms with Gasteiger partial charge in [0.1, 0.15) is 0 Å². The summed E-state index contributed by atoms with van der Waals surface area (Å²) in [7, 11) is 0. The quantitative estimate of drug-likeness (QED) is 0.552. The Morgan fingerprint density at radius 2 is 2.08 bits per heavy atom. The molecular weight excluding hydrogens is 307 g/mol. The van der Waals surface area contributed by atoms with Crippen LogP contribution in [0, 0.1) is 5.82 Å². The van der Waals surface area contributed by atoms with Gasteiger partial charge in [0.15, 0.2) is 17.5 Å². The molecule has 1 heterocycles. The second kappa shape index (κ2) is 9.47. The number of aromatic hydroxyl groups is 1. The Bertz CT molecular complexity index is 542. The first-order chi connectivity index (χ1) is 11.6. The average molecular weight is 336 g/mol. The number of hydrogen-bond donors (Lipinski definition) is 3. The Kier molecular flexibility index (Phi) is 7.31. The third kappa shape index (κ3) is 5.67. The van der Waals surface area contributed by atoms with E-state index in [1.54, 1.807) is 6.07 Å². The molecule has 0 spiro atoms. The summed E-state index contributed by atoms with van der Waals surface area (Å²) in [5.41, 5.74) is 0.736. The van der Waals surface area contributed by atoms with E-state index in [0.717, 1.165) is 44.0 Å². The number of guanidine groups is 1. The largest absolute Gasteiger partial charge is 0.505 e. The van der Waals surface area contributed by atoms with Crippen molar-refractivity contribution in [3.05, 3.63) is 29.6 Å². The van der Waals surface area contributed by atoms with Gasteiger partial charge in [0.25, 0.3) is 0 Å². The average Bonchev–Trinajstić information content (AvgIpc) is 2.58. The zero-order valence-electron chi connectivity index (χ0n) is 14.7. The normalized spacial score (nSPS) is 17.0. The first kappa shape index (κ1) is 18.5. The van der Waals surface area contributed by atoms with Gasteiger partial charge in [-0.25, -0.2) is 9.38 Å². The SMILES string of the molecule is CCCN1CCC(NC(=NCc2ccc(O)c(F)c2)NCC)CC1. The van der Waals surface area contributed by atoms with Gasteiger partial charge in [0, 0.05) is 25.7 Å². The topological polar surface area (TPSA) is 59.9 Å². The van der Waals surface area contributed by atoms with Gasteiger partial charge in [-0.3, -0.25) is 0 Å². The Morgan fingerprint density at radius 1 is 1.33 bits per heavy atom. The molecule has 0 bridgehead atoms. The molecule has 0 saturated carbocycles. The Hall–Kier alpha value is -1.82. The van der Waals surface area contributed by atoms with E-state index in [0.29, 0.717) is 12.6 Å². The van der Waals surface area contributed by atoms with Crippen molar-refractivity contribution >= 4 is 5.96 Å². The fourth-order valence-corrected chi connectivity index (χ4v) is 2.95. The van der Waals surface area contributed by atoms with Gasteiger partial charge in [-0.2, -0.15) is 0 Å². The highest BCUT2D eigenvalue weighted by molar-refractivity contribution is 5.80. The molecule has 1 aromatic rings. The van der Waals surface area contributed by atoms with Crippen LogP contribution < -0.4 is 10.6 Å². The summed E-state index contributed by atoms with van der Waals surface area (Å²) in [6, 6.07) is 4.80. The van der Waals surface area contributed by atoms with E-state index in [1.807, 2.05) is 6.92 Å². The molecule has 1 aliphatic rings. The van der Waals surface area contributed by atoms with Gasteiger partial charge in [-0.1, -0.05) is 13.0 Å². The minimum absolute atomic E-state index is 0.327. The molecule has 6 heteroatoms. The number of rotatable bonds is 6. The van der Waals surface area contributed by atoms with Crippen molar-refractivity contribution in [3.63, 3.8) is 0 Å². The first-order valence-electron chi connectivity index (χ1n) is 8.87. The minimum Gasteiger partial charge on any atom is -0.505 e. The molecule has 0 amide bonds. The Morgan fingerprint density at radius 3 is 2.71 bits per heavy atom. The number of halogens is 1. The second-order valence-electron chi connectivity index (χ2n) is 6.24. The summed E-state index contributed by atoms with van der Waals surface area (Å²) in [5, 5.41) is 16.0. The molecule has 5 nitrogen and oxygen atoms in total. The van der Waals surface area contributed by atoms with E-state index in [9.17, 15) is 9.50 Å². The van der Waals surface area contributed by atoms with Gasteiger partial charge in [0.2, 0.25) is 0 Å². The van der Waals surface area contributed by atoms with Gasteiger partial charge in [-0.05, 0) is 50.4 Å². The summed E-state index contributed by atoms with van der Waals surface area (Å²) < 4.78 is 13.4. The van der Waals surface area contributed by atoms with Crippen LogP contribution >= 0.6 is 0 Å². The van der Waals surface area contributed by atoms with Crippen LogP contribution in [0.1, 0.15) is 38.7 Å². The molecule has 1 fully saturated rings. The second-order valence-corrected chi connectivity index (χ2v) is 6.24. The van der Waals surface area contributed by atoms with Crippen molar-refractivity contribution in [2.24, 2.45) is 4.99 Å². The van der Waals surface area contributed by atoms with E-state index < -0.39 is 5.82 Å². The van der Waals surface area contributed by atoms with Crippen molar-refractivity contribution in [1.82, 2.24) is 15.5 Å². The zero-order valence-corrected chi connectivity index (χ0v) is 14.7. The van der Waals surface area contributed by atoms with Crippen LogP contribution in [-0.2, 0) is 6.54 Å². The molecule has 1 aliphatic heterocycles. The molecule has 0 radical (unpaired) electrons. The number of piperidine rings is 1. The summed E-state index contributed by atoms with van der Waals surface area (Å²) in [6.07, 6.45) is 3.42. The van der Waals surface area contributed by atoms with E-state index in [4.69, 9.17) is 0 Å². The van der Waals surface area contributed by atoms with E-state index >= 15 is 0 Å². The fourth-order valence-electron chi connectivity index (χ4n) is 2.95. The maximum absolute atomic E-state index is 13.4. The van der Waals surface area contributed by atoms with Crippen LogP contribution in [0.3, 0.4) is 0 Å². The molecular formula is C18H29FN4O. The number of nitrogens with zero attached hydrogens (tertiary/aromatic N) is 2.